The van der Waals surface area contributed by atoms with Gasteiger partial charge in [0.25, 0.3) is 5.91 Å². The molecule has 1 fully saturated rings. The average Bonchev–Trinajstić information content (AvgIpc) is 3.64. The summed E-state index contributed by atoms with van der Waals surface area (Å²) in [4.78, 5) is 75.8. The molecule has 1 saturated heterocycles. The number of carboxylic acid groups (broad SMARTS) is 1. The van der Waals surface area contributed by atoms with Crippen molar-refractivity contribution in [3.05, 3.63) is 87.4 Å². The van der Waals surface area contributed by atoms with Gasteiger partial charge in [0.05, 0.1) is 25.2 Å². The third-order valence-electron chi connectivity index (χ3n) is 11.2. The number of piperidine rings is 1. The molecule has 1 aliphatic rings. The van der Waals surface area contributed by atoms with Crippen molar-refractivity contribution in [1.29, 1.82) is 0 Å². The van der Waals surface area contributed by atoms with E-state index in [1.165, 1.54) is 18.3 Å². The van der Waals surface area contributed by atoms with Crippen LogP contribution in [0.25, 0.3) is 0 Å². The van der Waals surface area contributed by atoms with Gasteiger partial charge in [0.2, 0.25) is 11.8 Å². The number of likely N-dealkylation sites (tertiary alicyclic amines) is 1. The van der Waals surface area contributed by atoms with E-state index in [1.807, 2.05) is 100 Å². The Morgan fingerprint density at radius 2 is 1.57 bits per heavy atom. The van der Waals surface area contributed by atoms with Gasteiger partial charge in [0.15, 0.2) is 6.10 Å². The van der Waals surface area contributed by atoms with E-state index >= 15 is 0 Å². The largest absolute Gasteiger partial charge is 0.481 e. The number of hydrogen-bond acceptors (Lipinski definition) is 10. The summed E-state index contributed by atoms with van der Waals surface area (Å²) < 4.78 is 12.0. The SMILES string of the molecule is CC(=O)OC(CC(C(C)C)N(C)C(=O)C(NC(=O)C1CCCCN1C)C(C)C)c1nc(C(=O)NC(Cc2ccccc2)CC(C)C(=O)O)c(CCOCc2ccccc2)s1. The van der Waals surface area contributed by atoms with E-state index in [1.54, 1.807) is 18.9 Å². The molecule has 6 unspecified atom stereocenters. The van der Waals surface area contributed by atoms with Gasteiger partial charge in [-0.1, -0.05) is 102 Å². The molecule has 2 aromatic carbocycles. The second kappa shape index (κ2) is 23.4. The minimum Gasteiger partial charge on any atom is -0.481 e. The number of likely N-dealkylation sites (N-methyl/N-ethyl adjacent to an activating group) is 2. The van der Waals surface area contributed by atoms with Crippen molar-refractivity contribution < 1.29 is 38.6 Å². The van der Waals surface area contributed by atoms with Crippen LogP contribution in [0.4, 0.5) is 0 Å². The summed E-state index contributed by atoms with van der Waals surface area (Å²) in [7, 11) is 3.65. The van der Waals surface area contributed by atoms with E-state index < -0.39 is 48.0 Å². The number of nitrogens with zero attached hydrogens (tertiary/aromatic N) is 3. The van der Waals surface area contributed by atoms with Gasteiger partial charge in [-0.3, -0.25) is 28.9 Å². The van der Waals surface area contributed by atoms with Gasteiger partial charge in [0.1, 0.15) is 16.7 Å². The summed E-state index contributed by atoms with van der Waals surface area (Å²) in [5, 5.41) is 16.3. The summed E-state index contributed by atoms with van der Waals surface area (Å²) >= 11 is 1.26. The summed E-state index contributed by atoms with van der Waals surface area (Å²) in [6, 6.07) is 17.3. The number of carbonyl (C=O) groups is 5. The van der Waals surface area contributed by atoms with Crippen LogP contribution in [-0.4, -0.2) is 101 Å². The van der Waals surface area contributed by atoms with Crippen LogP contribution in [-0.2, 0) is 48.1 Å². The van der Waals surface area contributed by atoms with Crippen molar-refractivity contribution in [2.24, 2.45) is 17.8 Å². The highest BCUT2D eigenvalue weighted by Crippen LogP contribution is 2.34. The first-order chi connectivity index (χ1) is 28.5. The molecule has 6 atom stereocenters. The highest BCUT2D eigenvalue weighted by atomic mass is 32.1. The molecule has 1 aliphatic heterocycles. The van der Waals surface area contributed by atoms with Crippen molar-refractivity contribution in [1.82, 2.24) is 25.4 Å². The third kappa shape index (κ3) is 14.2. The molecule has 0 bridgehead atoms. The number of hydrogen-bond donors (Lipinski definition) is 3. The predicted octanol–water partition coefficient (Wildman–Crippen LogP) is 6.46. The Balaban J connectivity index is 1.63. The van der Waals surface area contributed by atoms with Crippen molar-refractivity contribution >= 4 is 41.0 Å². The zero-order valence-corrected chi connectivity index (χ0v) is 37.3. The number of thiazole rings is 1. The van der Waals surface area contributed by atoms with Gasteiger partial charge in [-0.2, -0.15) is 0 Å². The number of benzene rings is 2. The monoisotopic (exact) mass is 847 g/mol. The number of carboxylic acids is 1. The maximum atomic E-state index is 14.3. The van der Waals surface area contributed by atoms with Gasteiger partial charge >= 0.3 is 11.9 Å². The smallest absolute Gasteiger partial charge is 0.306 e. The minimum atomic E-state index is -0.958. The third-order valence-corrected chi connectivity index (χ3v) is 12.4. The number of nitrogens with one attached hydrogen (secondary N) is 2. The highest BCUT2D eigenvalue weighted by Gasteiger charge is 2.37. The van der Waals surface area contributed by atoms with E-state index in [0.717, 1.165) is 36.9 Å². The molecule has 2 heterocycles. The predicted molar refractivity (Wildman–Crippen MR) is 232 cm³/mol. The van der Waals surface area contributed by atoms with Gasteiger partial charge in [-0.05, 0) is 62.2 Å². The van der Waals surface area contributed by atoms with E-state index in [9.17, 15) is 29.1 Å². The molecular weight excluding hydrogens is 783 g/mol. The van der Waals surface area contributed by atoms with Crippen LogP contribution in [0, 0.1) is 17.8 Å². The normalized spacial score (nSPS) is 17.0. The minimum absolute atomic E-state index is 0.0893. The summed E-state index contributed by atoms with van der Waals surface area (Å²) in [5.41, 5.74) is 2.10. The number of esters is 1. The van der Waals surface area contributed by atoms with Crippen molar-refractivity contribution in [3.63, 3.8) is 0 Å². The molecule has 4 rings (SSSR count). The Bertz CT molecular complexity index is 1860. The van der Waals surface area contributed by atoms with Gasteiger partial charge in [-0.25, -0.2) is 4.98 Å². The summed E-state index contributed by atoms with van der Waals surface area (Å²) in [6.07, 6.45) is 2.96. The Kier molecular flexibility index (Phi) is 18.7. The molecule has 0 spiro atoms. The molecule has 14 heteroatoms. The lowest BCUT2D eigenvalue weighted by atomic mass is 9.94. The molecule has 0 saturated carbocycles. The fourth-order valence-electron chi connectivity index (χ4n) is 7.71. The first-order valence-corrected chi connectivity index (χ1v) is 22.0. The molecule has 1 aromatic heterocycles. The Morgan fingerprint density at radius 1 is 0.917 bits per heavy atom. The molecule has 3 aromatic rings. The number of rotatable bonds is 22. The van der Waals surface area contributed by atoms with E-state index in [2.05, 4.69) is 10.6 Å². The van der Waals surface area contributed by atoms with Crippen LogP contribution in [0.3, 0.4) is 0 Å². The number of ether oxygens (including phenoxy) is 2. The van der Waals surface area contributed by atoms with Crippen molar-refractivity contribution in [2.75, 3.05) is 27.2 Å². The first-order valence-electron chi connectivity index (χ1n) is 21.2. The number of aromatic nitrogens is 1. The first kappa shape index (κ1) is 48.0. The van der Waals surface area contributed by atoms with Crippen LogP contribution >= 0.6 is 11.3 Å². The summed E-state index contributed by atoms with van der Waals surface area (Å²) in [6.45, 7) is 12.2. The second-order valence-electron chi connectivity index (χ2n) is 16.8. The molecule has 328 valence electrons. The van der Waals surface area contributed by atoms with Gasteiger partial charge in [-0.15, -0.1) is 11.3 Å². The molecule has 0 aliphatic carbocycles. The quantitative estimate of drug-likeness (QED) is 0.0755. The van der Waals surface area contributed by atoms with Crippen molar-refractivity contribution in [2.45, 2.75) is 123 Å². The van der Waals surface area contributed by atoms with E-state index in [0.29, 0.717) is 29.3 Å². The molecule has 13 nitrogen and oxygen atoms in total. The molecule has 3 N–H and O–H groups in total. The lowest BCUT2D eigenvalue weighted by Gasteiger charge is -2.37. The van der Waals surface area contributed by atoms with Crippen LogP contribution in [0.1, 0.15) is 111 Å². The lowest BCUT2D eigenvalue weighted by molar-refractivity contribution is -0.149. The van der Waals surface area contributed by atoms with Gasteiger partial charge in [0, 0.05) is 43.8 Å². The number of amides is 3. The second-order valence-corrected chi connectivity index (χ2v) is 17.9. The molecule has 60 heavy (non-hydrogen) atoms. The standard InChI is InChI=1S/C46H65N5O8S/c1-29(2)37(51(8)45(55)40(30(3)4)48-42(53)36-21-15-16-23-50(36)7)27-38(59-32(6)52)44-49-41(39(60-44)22-24-58-28-34-19-13-10-14-20-34)43(54)47-35(25-31(5)46(56)57)26-33-17-11-9-12-18-33/h9-14,17-20,29-31,35-38,40H,15-16,21-28H2,1-8H3,(H,47,54)(H,48,53)(H,56,57). The maximum Gasteiger partial charge on any atom is 0.306 e. The average molecular weight is 848 g/mol. The highest BCUT2D eigenvalue weighted by molar-refractivity contribution is 7.12. The van der Waals surface area contributed by atoms with Crippen LogP contribution in [0.5, 0.6) is 0 Å². The topological polar surface area (TPSA) is 167 Å². The zero-order valence-electron chi connectivity index (χ0n) is 36.5. The molecule has 3 amide bonds. The molecular formula is C46H65N5O8S. The Labute approximate surface area is 359 Å². The van der Waals surface area contributed by atoms with Crippen LogP contribution in [0.2, 0.25) is 0 Å². The van der Waals surface area contributed by atoms with Crippen LogP contribution in [0.15, 0.2) is 60.7 Å². The Hall–Kier alpha value is -4.66. The fraction of sp³-hybridized carbons (Fsp3) is 0.565. The number of carbonyl (C=O) groups excluding carboxylic acids is 4. The zero-order chi connectivity index (χ0) is 43.9. The summed E-state index contributed by atoms with van der Waals surface area (Å²) in [5.74, 6) is -3.36. The van der Waals surface area contributed by atoms with Crippen LogP contribution < -0.4 is 10.6 Å². The lowest BCUT2D eigenvalue weighted by Crippen LogP contribution is -2.57. The van der Waals surface area contributed by atoms with E-state index in [4.69, 9.17) is 14.5 Å². The maximum absolute atomic E-state index is 14.3. The number of aliphatic carboxylic acids is 1. The van der Waals surface area contributed by atoms with E-state index in [-0.39, 0.29) is 54.8 Å². The van der Waals surface area contributed by atoms with Gasteiger partial charge < -0.3 is 30.1 Å². The Morgan fingerprint density at radius 3 is 2.15 bits per heavy atom. The van der Waals surface area contributed by atoms with Crippen molar-refractivity contribution in [3.8, 4) is 0 Å². The fourth-order valence-corrected chi connectivity index (χ4v) is 8.79. The molecule has 0 radical (unpaired) electrons.